The van der Waals surface area contributed by atoms with Crippen LogP contribution in [0.5, 0.6) is 0 Å². The van der Waals surface area contributed by atoms with E-state index in [-0.39, 0.29) is 18.5 Å². The number of rotatable bonds is 6. The number of benzene rings is 1. The fourth-order valence-corrected chi connectivity index (χ4v) is 2.22. The lowest BCUT2D eigenvalue weighted by atomic mass is 10.0. The molecule has 1 aromatic rings. The summed E-state index contributed by atoms with van der Waals surface area (Å²) in [7, 11) is 0. The number of nitrogens with one attached hydrogen (secondary N) is 1. The van der Waals surface area contributed by atoms with Gasteiger partial charge >= 0.3 is 12.1 Å². The Balaban J connectivity index is 3.00. The Morgan fingerprint density at radius 1 is 1.20 bits per heavy atom. The van der Waals surface area contributed by atoms with Crippen molar-refractivity contribution in [2.24, 2.45) is 5.73 Å². The van der Waals surface area contributed by atoms with Crippen LogP contribution in [0.1, 0.15) is 33.3 Å². The lowest BCUT2D eigenvalue weighted by Gasteiger charge is -2.28. The molecule has 0 bridgehead atoms. The van der Waals surface area contributed by atoms with Gasteiger partial charge in [0, 0.05) is 19.5 Å². The van der Waals surface area contributed by atoms with Crippen LogP contribution in [0.25, 0.3) is 0 Å². The fraction of sp³-hybridized carbons (Fsp3) is 0.529. The lowest BCUT2D eigenvalue weighted by Crippen LogP contribution is -2.50. The molecule has 0 aliphatic carbocycles. The van der Waals surface area contributed by atoms with E-state index in [4.69, 9.17) is 15.2 Å². The second-order valence-corrected chi connectivity index (χ2v) is 6.62. The largest absolute Gasteiger partial charge is 0.459 e. The third-order valence-corrected chi connectivity index (χ3v) is 3.08. The van der Waals surface area contributed by atoms with E-state index in [0.717, 1.165) is 18.2 Å². The van der Waals surface area contributed by atoms with E-state index in [2.05, 4.69) is 5.32 Å². The number of nitrogens with two attached hydrogens (primary N) is 1. The second kappa shape index (κ2) is 8.75. The Morgan fingerprint density at radius 3 is 2.20 bits per heavy atom. The minimum absolute atomic E-state index is 0.00305. The standard InChI is InChI=1S/C17H24F2N2O4/c1-10(22)24-15(9-20)14(21-16(23)25-17(2,3)4)7-11-5-12(18)8-13(19)6-11/h5-6,8,14-15H,7,9,20H2,1-4H3,(H,21,23)/t14-,15+/m0/s1. The van der Waals surface area contributed by atoms with Gasteiger partial charge in [-0.3, -0.25) is 4.79 Å². The topological polar surface area (TPSA) is 90.6 Å². The molecular weight excluding hydrogens is 334 g/mol. The van der Waals surface area contributed by atoms with E-state index in [1.807, 2.05) is 0 Å². The summed E-state index contributed by atoms with van der Waals surface area (Å²) >= 11 is 0. The average Bonchev–Trinajstić information content (AvgIpc) is 2.40. The predicted molar refractivity (Wildman–Crippen MR) is 87.8 cm³/mol. The summed E-state index contributed by atoms with van der Waals surface area (Å²) in [5, 5.41) is 2.55. The maximum atomic E-state index is 13.4. The molecule has 6 nitrogen and oxygen atoms in total. The van der Waals surface area contributed by atoms with Gasteiger partial charge in [0.25, 0.3) is 0 Å². The summed E-state index contributed by atoms with van der Waals surface area (Å²) in [4.78, 5) is 23.3. The van der Waals surface area contributed by atoms with E-state index >= 15 is 0 Å². The molecule has 1 amide bonds. The van der Waals surface area contributed by atoms with Crippen LogP contribution in [-0.4, -0.2) is 36.4 Å². The molecule has 0 aliphatic heterocycles. The third-order valence-electron chi connectivity index (χ3n) is 3.08. The first kappa shape index (κ1) is 20.8. The summed E-state index contributed by atoms with van der Waals surface area (Å²) in [6.07, 6.45) is -1.63. The van der Waals surface area contributed by atoms with Crippen LogP contribution in [0.15, 0.2) is 18.2 Å². The minimum atomic E-state index is -0.878. The Morgan fingerprint density at radius 2 is 1.76 bits per heavy atom. The van der Waals surface area contributed by atoms with Crippen LogP contribution in [0.2, 0.25) is 0 Å². The van der Waals surface area contributed by atoms with Crippen molar-refractivity contribution in [3.8, 4) is 0 Å². The van der Waals surface area contributed by atoms with E-state index in [0.29, 0.717) is 0 Å². The molecule has 25 heavy (non-hydrogen) atoms. The van der Waals surface area contributed by atoms with Crippen molar-refractivity contribution in [2.75, 3.05) is 6.54 Å². The van der Waals surface area contributed by atoms with Gasteiger partial charge in [0.15, 0.2) is 0 Å². The number of hydrogen-bond acceptors (Lipinski definition) is 5. The summed E-state index contributed by atoms with van der Waals surface area (Å²) in [5.74, 6) is -2.08. The lowest BCUT2D eigenvalue weighted by molar-refractivity contribution is -0.147. The van der Waals surface area contributed by atoms with E-state index in [9.17, 15) is 18.4 Å². The molecule has 8 heteroatoms. The smallest absolute Gasteiger partial charge is 0.408 e. The Labute approximate surface area is 145 Å². The Hall–Kier alpha value is -2.22. The minimum Gasteiger partial charge on any atom is -0.459 e. The van der Waals surface area contributed by atoms with Crippen molar-refractivity contribution in [3.63, 3.8) is 0 Å². The van der Waals surface area contributed by atoms with Gasteiger partial charge < -0.3 is 20.5 Å². The number of ether oxygens (including phenoxy) is 2. The van der Waals surface area contributed by atoms with E-state index in [1.54, 1.807) is 20.8 Å². The predicted octanol–water partition coefficient (Wildman–Crippen LogP) is 2.29. The zero-order valence-corrected chi connectivity index (χ0v) is 14.8. The van der Waals surface area contributed by atoms with Crippen molar-refractivity contribution in [1.82, 2.24) is 5.32 Å². The number of halogens is 2. The van der Waals surface area contributed by atoms with Crippen molar-refractivity contribution >= 4 is 12.1 Å². The molecule has 0 saturated heterocycles. The van der Waals surface area contributed by atoms with Crippen molar-refractivity contribution in [2.45, 2.75) is 51.9 Å². The number of carbonyl (C=O) groups excluding carboxylic acids is 2. The van der Waals surface area contributed by atoms with Gasteiger partial charge in [0.05, 0.1) is 6.04 Å². The monoisotopic (exact) mass is 358 g/mol. The highest BCUT2D eigenvalue weighted by Crippen LogP contribution is 2.14. The molecule has 2 atom stereocenters. The fourth-order valence-electron chi connectivity index (χ4n) is 2.22. The Kier molecular flexibility index (Phi) is 7.29. The third kappa shape index (κ3) is 7.93. The van der Waals surface area contributed by atoms with Gasteiger partial charge in [-0.2, -0.15) is 0 Å². The molecule has 140 valence electrons. The maximum Gasteiger partial charge on any atom is 0.408 e. The highest BCUT2D eigenvalue weighted by atomic mass is 19.1. The normalized spacial score (nSPS) is 13.7. The van der Waals surface area contributed by atoms with Gasteiger partial charge in [0.2, 0.25) is 0 Å². The molecule has 0 aliphatic rings. The van der Waals surface area contributed by atoms with Crippen molar-refractivity contribution < 1.29 is 27.8 Å². The molecule has 0 saturated carbocycles. The zero-order valence-electron chi connectivity index (χ0n) is 14.8. The molecule has 0 spiro atoms. The highest BCUT2D eigenvalue weighted by molar-refractivity contribution is 5.69. The quantitative estimate of drug-likeness (QED) is 0.762. The van der Waals surface area contributed by atoms with Crippen LogP contribution >= 0.6 is 0 Å². The molecule has 0 radical (unpaired) electrons. The zero-order chi connectivity index (χ0) is 19.2. The number of alkyl carbamates (subject to hydrolysis) is 1. The van der Waals surface area contributed by atoms with Gasteiger partial charge in [0.1, 0.15) is 23.3 Å². The summed E-state index contributed by atoms with van der Waals surface area (Å²) in [6.45, 7) is 6.19. The van der Waals surface area contributed by atoms with Crippen LogP contribution in [0, 0.1) is 11.6 Å². The summed E-state index contributed by atoms with van der Waals surface area (Å²) < 4.78 is 37.1. The van der Waals surface area contributed by atoms with Crippen LogP contribution < -0.4 is 11.1 Å². The molecule has 1 rings (SSSR count). The average molecular weight is 358 g/mol. The second-order valence-electron chi connectivity index (χ2n) is 6.62. The van der Waals surface area contributed by atoms with E-state index in [1.165, 1.54) is 6.92 Å². The van der Waals surface area contributed by atoms with Crippen LogP contribution in [0.3, 0.4) is 0 Å². The van der Waals surface area contributed by atoms with Crippen molar-refractivity contribution in [3.05, 3.63) is 35.4 Å². The number of hydrogen-bond donors (Lipinski definition) is 2. The molecule has 0 unspecified atom stereocenters. The van der Waals surface area contributed by atoms with Gasteiger partial charge in [-0.25, -0.2) is 13.6 Å². The number of esters is 1. The van der Waals surface area contributed by atoms with Crippen molar-refractivity contribution in [1.29, 1.82) is 0 Å². The first-order valence-electron chi connectivity index (χ1n) is 7.82. The summed E-state index contributed by atoms with van der Waals surface area (Å²) in [6, 6.07) is 2.19. The van der Waals surface area contributed by atoms with Crippen LogP contribution in [-0.2, 0) is 20.7 Å². The SMILES string of the molecule is CC(=O)O[C@H](CN)[C@H](Cc1cc(F)cc(F)c1)NC(=O)OC(C)(C)C. The molecule has 0 aromatic heterocycles. The summed E-state index contributed by atoms with van der Waals surface area (Å²) in [5.41, 5.74) is 5.17. The molecule has 3 N–H and O–H groups in total. The van der Waals surface area contributed by atoms with Gasteiger partial charge in [-0.15, -0.1) is 0 Å². The Bertz CT molecular complexity index is 597. The maximum absolute atomic E-state index is 13.4. The number of carbonyl (C=O) groups is 2. The number of amides is 1. The molecule has 1 aromatic carbocycles. The first-order chi connectivity index (χ1) is 11.5. The first-order valence-corrected chi connectivity index (χ1v) is 7.82. The van der Waals surface area contributed by atoms with Crippen LogP contribution in [0.4, 0.5) is 13.6 Å². The highest BCUT2D eigenvalue weighted by Gasteiger charge is 2.28. The van der Waals surface area contributed by atoms with Gasteiger partial charge in [-0.1, -0.05) is 0 Å². The molecule has 0 fully saturated rings. The van der Waals surface area contributed by atoms with Gasteiger partial charge in [-0.05, 0) is 44.9 Å². The molecule has 0 heterocycles. The van der Waals surface area contributed by atoms with E-state index < -0.39 is 41.4 Å². The molecular formula is C17H24F2N2O4.